The quantitative estimate of drug-likeness (QED) is 0.765. The summed E-state index contributed by atoms with van der Waals surface area (Å²) in [6, 6.07) is -0.187. The maximum Gasteiger partial charge on any atom is 0.236 e. The van der Waals surface area contributed by atoms with E-state index in [0.29, 0.717) is 11.8 Å². The van der Waals surface area contributed by atoms with E-state index in [1.165, 1.54) is 0 Å². The third-order valence-electron chi connectivity index (χ3n) is 4.28. The molecule has 0 radical (unpaired) electrons. The van der Waals surface area contributed by atoms with Crippen LogP contribution < -0.4 is 10.6 Å². The summed E-state index contributed by atoms with van der Waals surface area (Å²) < 4.78 is 7.81. The van der Waals surface area contributed by atoms with E-state index in [-0.39, 0.29) is 18.1 Å². The first-order chi connectivity index (χ1) is 11.0. The number of hydrogen-bond acceptors (Lipinski definition) is 4. The molecule has 0 saturated carbocycles. The predicted molar refractivity (Wildman–Crippen MR) is 90.0 cm³/mol. The third kappa shape index (κ3) is 5.04. The van der Waals surface area contributed by atoms with Crippen LogP contribution in [0.15, 0.2) is 12.4 Å². The average Bonchev–Trinajstić information content (AvgIpc) is 3.18. The zero-order valence-electron chi connectivity index (χ0n) is 14.7. The highest BCUT2D eigenvalue weighted by molar-refractivity contribution is 5.81. The summed E-state index contributed by atoms with van der Waals surface area (Å²) >= 11 is 0. The number of aromatic nitrogens is 2. The van der Waals surface area contributed by atoms with Crippen LogP contribution in [0.3, 0.4) is 0 Å². The van der Waals surface area contributed by atoms with Crippen molar-refractivity contribution in [3.05, 3.63) is 18.0 Å². The molecule has 2 heterocycles. The standard InChI is InChI=1S/C17H30N4O2/c1-5-21-11-15(10-20-21)16-14(6-7-23-16)9-18-13(4)17(22)19-8-12(2)3/h10-14,16,18H,5-9H2,1-4H3,(H,19,22)/t13-,14-,16-/m1/s1. The van der Waals surface area contributed by atoms with Crippen molar-refractivity contribution in [1.29, 1.82) is 0 Å². The summed E-state index contributed by atoms with van der Waals surface area (Å²) in [4.78, 5) is 12.0. The van der Waals surface area contributed by atoms with E-state index in [9.17, 15) is 4.79 Å². The van der Waals surface area contributed by atoms with Crippen molar-refractivity contribution < 1.29 is 9.53 Å². The summed E-state index contributed by atoms with van der Waals surface area (Å²) in [7, 11) is 0. The van der Waals surface area contributed by atoms with Gasteiger partial charge in [-0.05, 0) is 26.2 Å². The zero-order chi connectivity index (χ0) is 16.8. The van der Waals surface area contributed by atoms with Gasteiger partial charge in [0.05, 0.1) is 18.3 Å². The Bertz CT molecular complexity index is 501. The highest BCUT2D eigenvalue weighted by Gasteiger charge is 2.31. The second kappa shape index (κ2) is 8.45. The molecule has 1 saturated heterocycles. The van der Waals surface area contributed by atoms with Crippen molar-refractivity contribution in [2.45, 2.75) is 52.8 Å². The van der Waals surface area contributed by atoms with Crippen LogP contribution in [0, 0.1) is 11.8 Å². The molecule has 130 valence electrons. The lowest BCUT2D eigenvalue weighted by Crippen LogP contribution is -2.45. The van der Waals surface area contributed by atoms with Crippen LogP contribution in [0.25, 0.3) is 0 Å². The van der Waals surface area contributed by atoms with Crippen LogP contribution in [0.1, 0.15) is 45.8 Å². The van der Waals surface area contributed by atoms with Gasteiger partial charge in [0.2, 0.25) is 5.91 Å². The molecule has 0 unspecified atom stereocenters. The fourth-order valence-corrected chi connectivity index (χ4v) is 2.79. The SMILES string of the molecule is CCn1cc([C@@H]2OCC[C@@H]2CN[C@H](C)C(=O)NCC(C)C)cn1. The lowest BCUT2D eigenvalue weighted by atomic mass is 9.97. The number of carbonyl (C=O) groups excluding carboxylic acids is 1. The van der Waals surface area contributed by atoms with E-state index < -0.39 is 0 Å². The van der Waals surface area contributed by atoms with Crippen molar-refractivity contribution >= 4 is 5.91 Å². The Labute approximate surface area is 139 Å². The van der Waals surface area contributed by atoms with Crippen molar-refractivity contribution in [3.8, 4) is 0 Å². The van der Waals surface area contributed by atoms with Crippen molar-refractivity contribution in [1.82, 2.24) is 20.4 Å². The number of carbonyl (C=O) groups is 1. The maximum atomic E-state index is 12.0. The predicted octanol–water partition coefficient (Wildman–Crippen LogP) is 1.73. The fourth-order valence-electron chi connectivity index (χ4n) is 2.79. The van der Waals surface area contributed by atoms with Crippen molar-refractivity contribution in [3.63, 3.8) is 0 Å². The van der Waals surface area contributed by atoms with Gasteiger partial charge in [-0.3, -0.25) is 9.48 Å². The topological polar surface area (TPSA) is 68.2 Å². The highest BCUT2D eigenvalue weighted by atomic mass is 16.5. The summed E-state index contributed by atoms with van der Waals surface area (Å²) in [6.07, 6.45) is 5.04. The van der Waals surface area contributed by atoms with E-state index in [1.807, 2.05) is 17.8 Å². The smallest absolute Gasteiger partial charge is 0.236 e. The van der Waals surface area contributed by atoms with Gasteiger partial charge in [-0.25, -0.2) is 0 Å². The summed E-state index contributed by atoms with van der Waals surface area (Å²) in [5.74, 6) is 0.909. The molecule has 6 heteroatoms. The molecule has 1 amide bonds. The Morgan fingerprint density at radius 1 is 1.48 bits per heavy atom. The van der Waals surface area contributed by atoms with Crippen LogP contribution in [0.5, 0.6) is 0 Å². The molecule has 0 spiro atoms. The van der Waals surface area contributed by atoms with Gasteiger partial charge in [-0.2, -0.15) is 5.10 Å². The third-order valence-corrected chi connectivity index (χ3v) is 4.28. The lowest BCUT2D eigenvalue weighted by Gasteiger charge is -2.21. The second-order valence-corrected chi connectivity index (χ2v) is 6.74. The molecule has 1 aromatic rings. The number of ether oxygens (including phenoxy) is 1. The van der Waals surface area contributed by atoms with Gasteiger partial charge in [0.25, 0.3) is 0 Å². The Kier molecular flexibility index (Phi) is 6.59. The molecule has 6 nitrogen and oxygen atoms in total. The molecule has 2 N–H and O–H groups in total. The van der Waals surface area contributed by atoms with Gasteiger partial charge in [-0.1, -0.05) is 13.8 Å². The minimum atomic E-state index is -0.187. The molecule has 2 rings (SSSR count). The Balaban J connectivity index is 1.83. The molecule has 0 aromatic carbocycles. The van der Waals surface area contributed by atoms with Gasteiger partial charge in [0, 0.05) is 43.9 Å². The zero-order valence-corrected chi connectivity index (χ0v) is 14.7. The van der Waals surface area contributed by atoms with E-state index >= 15 is 0 Å². The summed E-state index contributed by atoms with van der Waals surface area (Å²) in [5.41, 5.74) is 1.13. The fraction of sp³-hybridized carbons (Fsp3) is 0.765. The van der Waals surface area contributed by atoms with Gasteiger partial charge in [0.1, 0.15) is 0 Å². The van der Waals surface area contributed by atoms with Crippen molar-refractivity contribution in [2.75, 3.05) is 19.7 Å². The molecule has 0 aliphatic carbocycles. The molecule has 1 aliphatic heterocycles. The lowest BCUT2D eigenvalue weighted by molar-refractivity contribution is -0.123. The van der Waals surface area contributed by atoms with Crippen LogP contribution >= 0.6 is 0 Å². The van der Waals surface area contributed by atoms with E-state index in [2.05, 4.69) is 42.7 Å². The number of hydrogen-bond donors (Lipinski definition) is 2. The van der Waals surface area contributed by atoms with Crippen molar-refractivity contribution in [2.24, 2.45) is 11.8 Å². The minimum absolute atomic E-state index is 0.0629. The maximum absolute atomic E-state index is 12.0. The normalized spacial score (nSPS) is 22.5. The minimum Gasteiger partial charge on any atom is -0.373 e. The van der Waals surface area contributed by atoms with E-state index in [4.69, 9.17) is 4.74 Å². The highest BCUT2D eigenvalue weighted by Crippen LogP contribution is 2.33. The number of nitrogens with zero attached hydrogens (tertiary/aromatic N) is 2. The first-order valence-electron chi connectivity index (χ1n) is 8.66. The number of aryl methyl sites for hydroxylation is 1. The molecule has 0 bridgehead atoms. The summed E-state index contributed by atoms with van der Waals surface area (Å²) in [5, 5.41) is 10.6. The van der Waals surface area contributed by atoms with Gasteiger partial charge in [-0.15, -0.1) is 0 Å². The van der Waals surface area contributed by atoms with E-state index in [1.54, 1.807) is 0 Å². The molecule has 1 fully saturated rings. The molecule has 3 atom stereocenters. The summed E-state index contributed by atoms with van der Waals surface area (Å²) in [6.45, 7) is 11.3. The number of amides is 1. The molecular formula is C17H30N4O2. The average molecular weight is 322 g/mol. The molecule has 23 heavy (non-hydrogen) atoms. The Hall–Kier alpha value is -1.40. The first kappa shape index (κ1) is 17.9. The van der Waals surface area contributed by atoms with Crippen LogP contribution in [0.2, 0.25) is 0 Å². The molecule has 1 aliphatic rings. The number of nitrogens with one attached hydrogen (secondary N) is 2. The Morgan fingerprint density at radius 2 is 2.26 bits per heavy atom. The monoisotopic (exact) mass is 322 g/mol. The van der Waals surface area contributed by atoms with Crippen LogP contribution in [-0.4, -0.2) is 41.4 Å². The van der Waals surface area contributed by atoms with Crippen LogP contribution in [-0.2, 0) is 16.1 Å². The first-order valence-corrected chi connectivity index (χ1v) is 8.66. The van der Waals surface area contributed by atoms with Gasteiger partial charge >= 0.3 is 0 Å². The van der Waals surface area contributed by atoms with Gasteiger partial charge < -0.3 is 15.4 Å². The van der Waals surface area contributed by atoms with Crippen LogP contribution in [0.4, 0.5) is 0 Å². The van der Waals surface area contributed by atoms with Gasteiger partial charge in [0.15, 0.2) is 0 Å². The molecular weight excluding hydrogens is 292 g/mol. The van der Waals surface area contributed by atoms with E-state index in [0.717, 1.165) is 38.2 Å². The second-order valence-electron chi connectivity index (χ2n) is 6.74. The Morgan fingerprint density at radius 3 is 2.91 bits per heavy atom. The molecule has 1 aromatic heterocycles. The number of rotatable bonds is 8. The largest absolute Gasteiger partial charge is 0.373 e.